The van der Waals surface area contributed by atoms with Crippen LogP contribution in [0.25, 0.3) is 0 Å². The van der Waals surface area contributed by atoms with E-state index >= 15 is 0 Å². The average Bonchev–Trinajstić information content (AvgIpc) is 3.23. The van der Waals surface area contributed by atoms with Gasteiger partial charge in [-0.2, -0.15) is 13.2 Å². The summed E-state index contributed by atoms with van der Waals surface area (Å²) in [6, 6.07) is 7.63. The van der Waals surface area contributed by atoms with Gasteiger partial charge >= 0.3 is 12.2 Å². The minimum atomic E-state index is -4.40. The molecule has 1 aliphatic heterocycles. The monoisotopic (exact) mass is 426 g/mol. The van der Waals surface area contributed by atoms with E-state index in [1.807, 2.05) is 11.4 Å². The molecule has 1 aliphatic rings. The maximum absolute atomic E-state index is 12.6. The van der Waals surface area contributed by atoms with Crippen LogP contribution in [0.4, 0.5) is 23.7 Å². The number of amides is 3. The zero-order valence-corrected chi connectivity index (χ0v) is 16.4. The molecule has 0 radical (unpaired) electrons. The molecular formula is C19H21F3N4O2S. The molecule has 6 nitrogen and oxygen atoms in total. The molecule has 3 amide bonds. The molecule has 2 N–H and O–H groups in total. The van der Waals surface area contributed by atoms with Crippen molar-refractivity contribution in [3.8, 4) is 0 Å². The highest BCUT2D eigenvalue weighted by molar-refractivity contribution is 7.12. The fourth-order valence-electron chi connectivity index (χ4n) is 2.94. The number of anilines is 1. The molecule has 10 heteroatoms. The third-order valence-electron chi connectivity index (χ3n) is 4.58. The molecule has 0 atom stereocenters. The first-order chi connectivity index (χ1) is 13.8. The van der Waals surface area contributed by atoms with Crippen LogP contribution in [0.5, 0.6) is 0 Å². The molecule has 1 saturated heterocycles. The van der Waals surface area contributed by atoms with Crippen LogP contribution in [0.1, 0.15) is 15.2 Å². The summed E-state index contributed by atoms with van der Waals surface area (Å²) < 4.78 is 37.8. The summed E-state index contributed by atoms with van der Waals surface area (Å²) in [7, 11) is 0. The van der Waals surface area contributed by atoms with Gasteiger partial charge in [0.25, 0.3) is 5.91 Å². The van der Waals surface area contributed by atoms with E-state index in [-0.39, 0.29) is 11.9 Å². The van der Waals surface area contributed by atoms with E-state index in [4.69, 9.17) is 0 Å². The smallest absolute Gasteiger partial charge is 0.350 e. The number of hydrogen-bond donors (Lipinski definition) is 2. The van der Waals surface area contributed by atoms with Gasteiger partial charge in [-0.25, -0.2) is 4.79 Å². The van der Waals surface area contributed by atoms with Gasteiger partial charge in [0.2, 0.25) is 0 Å². The first-order valence-corrected chi connectivity index (χ1v) is 9.98. The number of carbonyl (C=O) groups excluding carboxylic acids is 2. The maximum Gasteiger partial charge on any atom is 0.416 e. The molecule has 1 fully saturated rings. The molecule has 156 valence electrons. The van der Waals surface area contributed by atoms with Crippen LogP contribution in [0.15, 0.2) is 41.8 Å². The van der Waals surface area contributed by atoms with Gasteiger partial charge in [0.15, 0.2) is 0 Å². The second kappa shape index (κ2) is 9.27. The number of halogens is 3. The Bertz CT molecular complexity index is 817. The fourth-order valence-corrected chi connectivity index (χ4v) is 3.58. The van der Waals surface area contributed by atoms with Gasteiger partial charge in [-0.1, -0.05) is 6.07 Å². The van der Waals surface area contributed by atoms with E-state index in [9.17, 15) is 22.8 Å². The minimum Gasteiger partial charge on any atom is -0.350 e. The molecule has 0 bridgehead atoms. The number of rotatable bonds is 5. The van der Waals surface area contributed by atoms with Gasteiger partial charge in [-0.15, -0.1) is 11.3 Å². The Morgan fingerprint density at radius 1 is 1.03 bits per heavy atom. The van der Waals surface area contributed by atoms with Crippen molar-refractivity contribution < 1.29 is 22.8 Å². The van der Waals surface area contributed by atoms with Crippen LogP contribution in [0.3, 0.4) is 0 Å². The van der Waals surface area contributed by atoms with Crippen molar-refractivity contribution >= 4 is 29.0 Å². The topological polar surface area (TPSA) is 64.7 Å². The number of hydrogen-bond acceptors (Lipinski definition) is 4. The number of thiophene rings is 1. The van der Waals surface area contributed by atoms with Crippen molar-refractivity contribution in [3.05, 3.63) is 52.2 Å². The third-order valence-corrected chi connectivity index (χ3v) is 5.45. The van der Waals surface area contributed by atoms with Crippen molar-refractivity contribution in [2.45, 2.75) is 6.18 Å². The largest absolute Gasteiger partial charge is 0.416 e. The predicted octanol–water partition coefficient (Wildman–Crippen LogP) is 3.35. The van der Waals surface area contributed by atoms with Gasteiger partial charge < -0.3 is 15.5 Å². The Labute approximate surface area is 170 Å². The number of nitrogens with one attached hydrogen (secondary N) is 2. The van der Waals surface area contributed by atoms with Crippen molar-refractivity contribution in [3.63, 3.8) is 0 Å². The van der Waals surface area contributed by atoms with Crippen molar-refractivity contribution in [2.24, 2.45) is 0 Å². The summed E-state index contributed by atoms with van der Waals surface area (Å²) in [6.45, 7) is 3.54. The van der Waals surface area contributed by atoms with E-state index < -0.39 is 11.7 Å². The molecule has 0 aliphatic carbocycles. The van der Waals surface area contributed by atoms with Gasteiger partial charge in [-0.05, 0) is 35.7 Å². The number of nitrogens with zero attached hydrogens (tertiary/aromatic N) is 2. The van der Waals surface area contributed by atoms with Crippen molar-refractivity contribution in [2.75, 3.05) is 44.6 Å². The lowest BCUT2D eigenvalue weighted by Crippen LogP contribution is -2.51. The zero-order chi connectivity index (χ0) is 20.9. The van der Waals surface area contributed by atoms with Gasteiger partial charge in [-0.3, -0.25) is 9.69 Å². The lowest BCUT2D eigenvalue weighted by Gasteiger charge is -2.34. The lowest BCUT2D eigenvalue weighted by molar-refractivity contribution is -0.137. The van der Waals surface area contributed by atoms with Crippen LogP contribution in [-0.4, -0.2) is 61.0 Å². The van der Waals surface area contributed by atoms with Crippen LogP contribution >= 0.6 is 11.3 Å². The molecule has 2 aromatic rings. The Kier molecular flexibility index (Phi) is 6.75. The molecule has 0 unspecified atom stereocenters. The van der Waals surface area contributed by atoms with Crippen LogP contribution in [0.2, 0.25) is 0 Å². The van der Waals surface area contributed by atoms with Gasteiger partial charge in [0.1, 0.15) is 0 Å². The molecule has 1 aromatic carbocycles. The van der Waals surface area contributed by atoms with Gasteiger partial charge in [0, 0.05) is 45.0 Å². The van der Waals surface area contributed by atoms with Crippen molar-refractivity contribution in [1.82, 2.24) is 15.1 Å². The normalized spacial score (nSPS) is 15.2. The SMILES string of the molecule is O=C(NCCN1CCN(C(=O)Nc2ccc(C(F)(F)F)cc2)CC1)c1cccs1. The molecule has 2 heterocycles. The Balaban J connectivity index is 1.38. The number of piperazine rings is 1. The highest BCUT2D eigenvalue weighted by atomic mass is 32.1. The second-order valence-corrected chi connectivity index (χ2v) is 7.51. The quantitative estimate of drug-likeness (QED) is 0.771. The first kappa shape index (κ1) is 21.1. The Morgan fingerprint density at radius 3 is 2.31 bits per heavy atom. The third kappa shape index (κ3) is 5.94. The lowest BCUT2D eigenvalue weighted by atomic mass is 10.2. The summed E-state index contributed by atoms with van der Waals surface area (Å²) in [5.74, 6) is -0.0884. The summed E-state index contributed by atoms with van der Waals surface area (Å²) >= 11 is 1.39. The standard InChI is InChI=1S/C19H21F3N4O2S/c20-19(21,22)14-3-5-15(6-4-14)24-18(28)26-11-9-25(10-12-26)8-7-23-17(27)16-2-1-13-29-16/h1-6,13H,7-12H2,(H,23,27)(H,24,28). The number of carbonyl (C=O) groups is 2. The summed E-state index contributed by atoms with van der Waals surface area (Å²) in [5.41, 5.74) is -0.433. The highest BCUT2D eigenvalue weighted by Gasteiger charge is 2.30. The number of urea groups is 1. The van der Waals surface area contributed by atoms with Crippen LogP contribution in [-0.2, 0) is 6.18 Å². The first-order valence-electron chi connectivity index (χ1n) is 9.10. The zero-order valence-electron chi connectivity index (χ0n) is 15.5. The number of alkyl halides is 3. The molecule has 0 saturated carbocycles. The predicted molar refractivity (Wildman–Crippen MR) is 105 cm³/mol. The van der Waals surface area contributed by atoms with E-state index in [0.29, 0.717) is 49.8 Å². The van der Waals surface area contributed by atoms with E-state index in [2.05, 4.69) is 15.5 Å². The Hall–Kier alpha value is -2.59. The highest BCUT2D eigenvalue weighted by Crippen LogP contribution is 2.29. The fraction of sp³-hybridized carbons (Fsp3) is 0.368. The van der Waals surface area contributed by atoms with E-state index in [1.165, 1.54) is 23.5 Å². The second-order valence-electron chi connectivity index (χ2n) is 6.57. The number of benzene rings is 1. The summed E-state index contributed by atoms with van der Waals surface area (Å²) in [6.07, 6.45) is -4.40. The van der Waals surface area contributed by atoms with Gasteiger partial charge in [0.05, 0.1) is 10.4 Å². The van der Waals surface area contributed by atoms with E-state index in [0.717, 1.165) is 12.1 Å². The van der Waals surface area contributed by atoms with E-state index in [1.54, 1.807) is 11.0 Å². The maximum atomic E-state index is 12.6. The summed E-state index contributed by atoms with van der Waals surface area (Å²) in [4.78, 5) is 28.7. The molecular weight excluding hydrogens is 405 g/mol. The molecule has 0 spiro atoms. The average molecular weight is 426 g/mol. The van der Waals surface area contributed by atoms with Crippen LogP contribution < -0.4 is 10.6 Å². The van der Waals surface area contributed by atoms with Crippen molar-refractivity contribution in [1.29, 1.82) is 0 Å². The molecule has 29 heavy (non-hydrogen) atoms. The minimum absolute atomic E-state index is 0.0884. The Morgan fingerprint density at radius 2 is 1.72 bits per heavy atom. The van der Waals surface area contributed by atoms with Crippen LogP contribution in [0, 0.1) is 0 Å². The summed E-state index contributed by atoms with van der Waals surface area (Å²) in [5, 5.41) is 7.35. The molecule has 1 aromatic heterocycles. The molecule has 3 rings (SSSR count).